The molecule has 0 aromatic carbocycles. The van der Waals surface area contributed by atoms with Crippen molar-refractivity contribution in [2.75, 3.05) is 11.9 Å². The van der Waals surface area contributed by atoms with E-state index >= 15 is 0 Å². The molecule has 1 amide bonds. The maximum atomic E-state index is 12.0. The van der Waals surface area contributed by atoms with Gasteiger partial charge in [-0.15, -0.1) is 11.3 Å². The van der Waals surface area contributed by atoms with Crippen LogP contribution in [0.15, 0.2) is 5.38 Å². The molecule has 4 nitrogen and oxygen atoms in total. The van der Waals surface area contributed by atoms with Crippen LogP contribution >= 0.6 is 11.3 Å². The zero-order valence-electron chi connectivity index (χ0n) is 9.74. The molecule has 17 heavy (non-hydrogen) atoms. The Bertz CT molecular complexity index is 408. The molecule has 0 spiro atoms. The highest BCUT2D eigenvalue weighted by atomic mass is 32.1. The average Bonchev–Trinajstić information content (AvgIpc) is 3.12. The van der Waals surface area contributed by atoms with Gasteiger partial charge in [0.05, 0.1) is 11.7 Å². The van der Waals surface area contributed by atoms with Crippen molar-refractivity contribution in [3.63, 3.8) is 0 Å². The highest BCUT2D eigenvalue weighted by Gasteiger charge is 2.27. The van der Waals surface area contributed by atoms with E-state index in [4.69, 9.17) is 0 Å². The summed E-state index contributed by atoms with van der Waals surface area (Å²) in [5.41, 5.74) is 1.15. The van der Waals surface area contributed by atoms with Crippen LogP contribution in [0.3, 0.4) is 0 Å². The number of thiazole rings is 1. The number of amides is 1. The first-order valence-corrected chi connectivity index (χ1v) is 7.20. The monoisotopic (exact) mass is 251 g/mol. The Morgan fingerprint density at radius 3 is 3.00 bits per heavy atom. The number of piperidine rings is 1. The van der Waals surface area contributed by atoms with Gasteiger partial charge in [0, 0.05) is 11.3 Å². The van der Waals surface area contributed by atoms with Crippen molar-refractivity contribution < 1.29 is 4.79 Å². The Labute approximate surface area is 105 Å². The normalized spacial score (nSPS) is 24.6. The number of nitrogens with zero attached hydrogens (tertiary/aromatic N) is 1. The van der Waals surface area contributed by atoms with Crippen molar-refractivity contribution in [2.45, 2.75) is 44.1 Å². The summed E-state index contributed by atoms with van der Waals surface area (Å²) in [5.74, 6) is 0.728. The fourth-order valence-electron chi connectivity index (χ4n) is 2.18. The molecule has 3 rings (SSSR count). The van der Waals surface area contributed by atoms with E-state index < -0.39 is 0 Å². The molecular weight excluding hydrogens is 234 g/mol. The van der Waals surface area contributed by atoms with Gasteiger partial charge in [-0.1, -0.05) is 6.42 Å². The van der Waals surface area contributed by atoms with Crippen molar-refractivity contribution in [3.05, 3.63) is 11.1 Å². The molecule has 2 fully saturated rings. The molecular formula is C12H17N3OS. The van der Waals surface area contributed by atoms with E-state index in [1.807, 2.05) is 0 Å². The van der Waals surface area contributed by atoms with Gasteiger partial charge in [-0.3, -0.25) is 4.79 Å². The predicted molar refractivity (Wildman–Crippen MR) is 68.4 cm³/mol. The zero-order chi connectivity index (χ0) is 11.7. The van der Waals surface area contributed by atoms with E-state index in [1.165, 1.54) is 30.6 Å². The standard InChI is InChI=1S/C12H17N3OS/c16-11(9-3-1-2-6-13-9)15-12-14-10(7-17-12)8-4-5-8/h7-9,13H,1-6H2,(H,14,15,16). The minimum atomic E-state index is -0.0305. The number of carbonyl (C=O) groups excluding carboxylic acids is 1. The Morgan fingerprint density at radius 1 is 1.41 bits per heavy atom. The molecule has 1 aliphatic carbocycles. The van der Waals surface area contributed by atoms with Gasteiger partial charge < -0.3 is 10.6 Å². The molecule has 0 radical (unpaired) electrons. The Morgan fingerprint density at radius 2 is 2.29 bits per heavy atom. The van der Waals surface area contributed by atoms with Crippen LogP contribution < -0.4 is 10.6 Å². The van der Waals surface area contributed by atoms with Crippen LogP contribution in [-0.2, 0) is 4.79 Å². The van der Waals surface area contributed by atoms with Gasteiger partial charge in [0.25, 0.3) is 0 Å². The molecule has 1 atom stereocenters. The van der Waals surface area contributed by atoms with Crippen LogP contribution in [-0.4, -0.2) is 23.5 Å². The van der Waals surface area contributed by atoms with Crippen molar-refractivity contribution in [3.8, 4) is 0 Å². The van der Waals surface area contributed by atoms with E-state index in [0.717, 1.165) is 30.2 Å². The Kier molecular flexibility index (Phi) is 3.11. The smallest absolute Gasteiger partial charge is 0.243 e. The number of aromatic nitrogens is 1. The number of hydrogen-bond donors (Lipinski definition) is 2. The summed E-state index contributed by atoms with van der Waals surface area (Å²) in [6, 6.07) is -0.0305. The zero-order valence-corrected chi connectivity index (χ0v) is 10.6. The van der Waals surface area contributed by atoms with Gasteiger partial charge >= 0.3 is 0 Å². The summed E-state index contributed by atoms with van der Waals surface area (Å²) in [6.45, 7) is 0.948. The van der Waals surface area contributed by atoms with E-state index in [-0.39, 0.29) is 11.9 Å². The molecule has 0 bridgehead atoms. The molecule has 1 unspecified atom stereocenters. The highest BCUT2D eigenvalue weighted by molar-refractivity contribution is 7.13. The van der Waals surface area contributed by atoms with Crippen LogP contribution in [0.25, 0.3) is 0 Å². The molecule has 1 saturated heterocycles. The van der Waals surface area contributed by atoms with Crippen LogP contribution in [0, 0.1) is 0 Å². The van der Waals surface area contributed by atoms with Gasteiger partial charge in [-0.25, -0.2) is 4.98 Å². The van der Waals surface area contributed by atoms with Gasteiger partial charge in [-0.2, -0.15) is 0 Å². The molecule has 1 aromatic rings. The van der Waals surface area contributed by atoms with Crippen molar-refractivity contribution in [2.24, 2.45) is 0 Å². The second kappa shape index (κ2) is 4.74. The SMILES string of the molecule is O=C(Nc1nc(C2CC2)cs1)C1CCCCN1. The first-order chi connectivity index (χ1) is 8.33. The summed E-state index contributed by atoms with van der Waals surface area (Å²) >= 11 is 1.54. The molecule has 1 aromatic heterocycles. The van der Waals surface area contributed by atoms with Crippen LogP contribution in [0.4, 0.5) is 5.13 Å². The number of carbonyl (C=O) groups is 1. The lowest BCUT2D eigenvalue weighted by Crippen LogP contribution is -2.43. The summed E-state index contributed by atoms with van der Waals surface area (Å²) in [5, 5.41) is 8.99. The van der Waals surface area contributed by atoms with Gasteiger partial charge in [-0.05, 0) is 32.2 Å². The second-order valence-electron chi connectivity index (χ2n) is 4.84. The Hall–Kier alpha value is -0.940. The number of nitrogens with one attached hydrogen (secondary N) is 2. The summed E-state index contributed by atoms with van der Waals surface area (Å²) < 4.78 is 0. The lowest BCUT2D eigenvalue weighted by atomic mass is 10.0. The lowest BCUT2D eigenvalue weighted by Gasteiger charge is -2.21. The first kappa shape index (κ1) is 11.2. The maximum absolute atomic E-state index is 12.0. The fraction of sp³-hybridized carbons (Fsp3) is 0.667. The summed E-state index contributed by atoms with van der Waals surface area (Å²) in [6.07, 6.45) is 5.75. The van der Waals surface area contributed by atoms with E-state index in [0.29, 0.717) is 5.92 Å². The summed E-state index contributed by atoms with van der Waals surface area (Å²) in [7, 11) is 0. The third-order valence-corrected chi connectivity index (χ3v) is 4.15. The van der Waals surface area contributed by atoms with E-state index in [1.54, 1.807) is 0 Å². The molecule has 2 aliphatic rings. The molecule has 5 heteroatoms. The average molecular weight is 251 g/mol. The van der Waals surface area contributed by atoms with Crippen molar-refractivity contribution >= 4 is 22.4 Å². The summed E-state index contributed by atoms with van der Waals surface area (Å²) in [4.78, 5) is 16.4. The number of anilines is 1. The van der Waals surface area contributed by atoms with Gasteiger partial charge in [0.15, 0.2) is 5.13 Å². The van der Waals surface area contributed by atoms with Gasteiger partial charge in [0.2, 0.25) is 5.91 Å². The topological polar surface area (TPSA) is 54.0 Å². The third-order valence-electron chi connectivity index (χ3n) is 3.37. The van der Waals surface area contributed by atoms with E-state index in [2.05, 4.69) is 21.0 Å². The number of hydrogen-bond acceptors (Lipinski definition) is 4. The van der Waals surface area contributed by atoms with E-state index in [9.17, 15) is 4.79 Å². The van der Waals surface area contributed by atoms with Crippen molar-refractivity contribution in [1.29, 1.82) is 0 Å². The third kappa shape index (κ3) is 2.66. The molecule has 92 valence electrons. The first-order valence-electron chi connectivity index (χ1n) is 6.32. The fourth-order valence-corrected chi connectivity index (χ4v) is 2.97. The van der Waals surface area contributed by atoms with Crippen LogP contribution in [0.5, 0.6) is 0 Å². The lowest BCUT2D eigenvalue weighted by molar-refractivity contribution is -0.118. The van der Waals surface area contributed by atoms with Crippen LogP contribution in [0.2, 0.25) is 0 Å². The molecule has 2 heterocycles. The quantitative estimate of drug-likeness (QED) is 0.865. The second-order valence-corrected chi connectivity index (χ2v) is 5.70. The largest absolute Gasteiger partial charge is 0.306 e. The highest BCUT2D eigenvalue weighted by Crippen LogP contribution is 2.40. The molecule has 2 N–H and O–H groups in total. The maximum Gasteiger partial charge on any atom is 0.243 e. The molecule has 1 aliphatic heterocycles. The minimum Gasteiger partial charge on any atom is -0.306 e. The predicted octanol–water partition coefficient (Wildman–Crippen LogP) is 2.10. The van der Waals surface area contributed by atoms with Gasteiger partial charge in [0.1, 0.15) is 0 Å². The molecule has 1 saturated carbocycles. The van der Waals surface area contributed by atoms with Crippen LogP contribution in [0.1, 0.15) is 43.7 Å². The Balaban J connectivity index is 1.58. The van der Waals surface area contributed by atoms with Crippen molar-refractivity contribution in [1.82, 2.24) is 10.3 Å². The minimum absolute atomic E-state index is 0.0305. The number of rotatable bonds is 3.